The summed E-state index contributed by atoms with van der Waals surface area (Å²) in [4.78, 5) is 12.5. The van der Waals surface area contributed by atoms with Gasteiger partial charge in [0.15, 0.2) is 0 Å². The van der Waals surface area contributed by atoms with Crippen molar-refractivity contribution in [1.29, 1.82) is 5.26 Å². The van der Waals surface area contributed by atoms with Crippen molar-refractivity contribution in [1.82, 2.24) is 0 Å². The van der Waals surface area contributed by atoms with Crippen molar-refractivity contribution >= 4 is 33.6 Å². The maximum atomic E-state index is 12.5. The third-order valence-corrected chi connectivity index (χ3v) is 4.73. The Morgan fingerprint density at radius 2 is 1.76 bits per heavy atom. The zero-order chi connectivity index (χ0) is 20.6. The Bertz CT molecular complexity index is 1070. The molecule has 0 aliphatic carbocycles. The fourth-order valence-electron chi connectivity index (χ4n) is 2.61. The molecule has 0 fully saturated rings. The van der Waals surface area contributed by atoms with Gasteiger partial charge in [0.1, 0.15) is 24.0 Å². The van der Waals surface area contributed by atoms with E-state index in [-0.39, 0.29) is 5.57 Å². The molecular weight excluding hydrogens is 428 g/mol. The van der Waals surface area contributed by atoms with Crippen LogP contribution in [-0.4, -0.2) is 5.91 Å². The normalized spacial score (nSPS) is 10.9. The summed E-state index contributed by atoms with van der Waals surface area (Å²) < 4.78 is 6.84. The van der Waals surface area contributed by atoms with E-state index in [1.165, 1.54) is 5.56 Å². The number of amides is 1. The van der Waals surface area contributed by atoms with Gasteiger partial charge in [0.05, 0.1) is 0 Å². The first-order chi connectivity index (χ1) is 14.0. The quantitative estimate of drug-likeness (QED) is 0.379. The minimum Gasteiger partial charge on any atom is -0.488 e. The minimum atomic E-state index is -0.469. The average molecular weight is 447 g/mol. The Balaban J connectivity index is 1.76. The van der Waals surface area contributed by atoms with Crippen LogP contribution in [0, 0.1) is 18.3 Å². The molecule has 0 unspecified atom stereocenters. The van der Waals surface area contributed by atoms with Crippen molar-refractivity contribution in [3.63, 3.8) is 0 Å². The van der Waals surface area contributed by atoms with Crippen LogP contribution in [0.15, 0.2) is 82.8 Å². The lowest BCUT2D eigenvalue weighted by molar-refractivity contribution is -0.112. The van der Waals surface area contributed by atoms with Crippen LogP contribution in [0.25, 0.3) is 6.08 Å². The van der Waals surface area contributed by atoms with Gasteiger partial charge in [-0.05, 0) is 48.9 Å². The van der Waals surface area contributed by atoms with E-state index in [0.717, 1.165) is 10.0 Å². The fourth-order valence-corrected chi connectivity index (χ4v) is 2.88. The molecule has 5 heteroatoms. The molecule has 0 saturated heterocycles. The molecule has 3 aromatic carbocycles. The molecule has 0 atom stereocenters. The second-order valence-electron chi connectivity index (χ2n) is 6.44. The van der Waals surface area contributed by atoms with Gasteiger partial charge in [-0.25, -0.2) is 0 Å². The van der Waals surface area contributed by atoms with Gasteiger partial charge in [-0.3, -0.25) is 4.79 Å². The Kier molecular flexibility index (Phi) is 6.83. The van der Waals surface area contributed by atoms with Crippen molar-refractivity contribution in [3.05, 3.63) is 99.5 Å². The van der Waals surface area contributed by atoms with Gasteiger partial charge in [-0.2, -0.15) is 5.26 Å². The number of benzene rings is 3. The van der Waals surface area contributed by atoms with Gasteiger partial charge in [0.2, 0.25) is 0 Å². The maximum absolute atomic E-state index is 12.5. The number of nitrogens with zero attached hydrogens (tertiary/aromatic N) is 1. The number of nitrogens with one attached hydrogen (secondary N) is 1. The zero-order valence-electron chi connectivity index (χ0n) is 15.9. The second kappa shape index (κ2) is 9.72. The SMILES string of the molecule is Cc1ccc(COc2ccccc2/C=C(\C#N)C(=O)Nc2ccc(Br)cc2)cc1. The lowest BCUT2D eigenvalue weighted by Gasteiger charge is -2.10. The highest BCUT2D eigenvalue weighted by Crippen LogP contribution is 2.23. The molecule has 0 aliphatic heterocycles. The smallest absolute Gasteiger partial charge is 0.266 e. The molecule has 0 saturated carbocycles. The highest BCUT2D eigenvalue weighted by atomic mass is 79.9. The molecule has 0 aliphatic rings. The lowest BCUT2D eigenvalue weighted by atomic mass is 10.1. The summed E-state index contributed by atoms with van der Waals surface area (Å²) in [5.74, 6) is 0.139. The topological polar surface area (TPSA) is 62.1 Å². The number of nitriles is 1. The summed E-state index contributed by atoms with van der Waals surface area (Å²) in [7, 11) is 0. The fraction of sp³-hybridized carbons (Fsp3) is 0.0833. The monoisotopic (exact) mass is 446 g/mol. The van der Waals surface area contributed by atoms with E-state index >= 15 is 0 Å². The molecule has 0 spiro atoms. The van der Waals surface area contributed by atoms with E-state index in [4.69, 9.17) is 4.74 Å². The van der Waals surface area contributed by atoms with Crippen molar-refractivity contribution in [2.24, 2.45) is 0 Å². The third-order valence-electron chi connectivity index (χ3n) is 4.20. The highest BCUT2D eigenvalue weighted by molar-refractivity contribution is 9.10. The lowest BCUT2D eigenvalue weighted by Crippen LogP contribution is -2.13. The highest BCUT2D eigenvalue weighted by Gasteiger charge is 2.11. The predicted molar refractivity (Wildman–Crippen MR) is 118 cm³/mol. The van der Waals surface area contributed by atoms with Crippen molar-refractivity contribution < 1.29 is 9.53 Å². The van der Waals surface area contributed by atoms with E-state index in [1.807, 2.05) is 73.7 Å². The molecule has 3 aromatic rings. The summed E-state index contributed by atoms with van der Waals surface area (Å²) in [6, 6.07) is 24.6. The molecule has 29 heavy (non-hydrogen) atoms. The van der Waals surface area contributed by atoms with Gasteiger partial charge in [0.25, 0.3) is 5.91 Å². The molecule has 4 nitrogen and oxygen atoms in total. The Labute approximate surface area is 178 Å². The molecule has 0 aromatic heterocycles. The van der Waals surface area contributed by atoms with Crippen molar-refractivity contribution in [2.75, 3.05) is 5.32 Å². The van der Waals surface area contributed by atoms with Crippen LogP contribution in [0.2, 0.25) is 0 Å². The molecular formula is C24H19BrN2O2. The summed E-state index contributed by atoms with van der Waals surface area (Å²) in [5.41, 5.74) is 3.51. The van der Waals surface area contributed by atoms with Crippen molar-refractivity contribution in [2.45, 2.75) is 13.5 Å². The molecule has 1 N–H and O–H groups in total. The Hall–Kier alpha value is -3.36. The van der Waals surface area contributed by atoms with Gasteiger partial charge in [-0.15, -0.1) is 0 Å². The van der Waals surface area contributed by atoms with Gasteiger partial charge in [-0.1, -0.05) is 64.0 Å². The molecule has 0 bridgehead atoms. The van der Waals surface area contributed by atoms with E-state index in [1.54, 1.807) is 18.2 Å². The number of para-hydroxylation sites is 1. The van der Waals surface area contributed by atoms with Gasteiger partial charge < -0.3 is 10.1 Å². The first-order valence-corrected chi connectivity index (χ1v) is 9.80. The zero-order valence-corrected chi connectivity index (χ0v) is 17.4. The number of ether oxygens (including phenoxy) is 1. The second-order valence-corrected chi connectivity index (χ2v) is 7.36. The summed E-state index contributed by atoms with van der Waals surface area (Å²) >= 11 is 3.35. The molecule has 0 heterocycles. The van der Waals surface area contributed by atoms with Crippen LogP contribution in [0.3, 0.4) is 0 Å². The molecule has 144 valence electrons. The largest absolute Gasteiger partial charge is 0.488 e. The Morgan fingerprint density at radius 1 is 1.07 bits per heavy atom. The van der Waals surface area contributed by atoms with Gasteiger partial charge in [0, 0.05) is 15.7 Å². The number of rotatable bonds is 6. The molecule has 0 radical (unpaired) electrons. The van der Waals surface area contributed by atoms with Crippen molar-refractivity contribution in [3.8, 4) is 11.8 Å². The van der Waals surface area contributed by atoms with E-state index in [0.29, 0.717) is 23.6 Å². The first kappa shape index (κ1) is 20.4. The van der Waals surface area contributed by atoms with E-state index in [9.17, 15) is 10.1 Å². The van der Waals surface area contributed by atoms with Crippen LogP contribution in [0.4, 0.5) is 5.69 Å². The first-order valence-electron chi connectivity index (χ1n) is 9.01. The van der Waals surface area contributed by atoms with Gasteiger partial charge >= 0.3 is 0 Å². The number of aryl methyl sites for hydroxylation is 1. The minimum absolute atomic E-state index is 0.000644. The van der Waals surface area contributed by atoms with Crippen LogP contribution in [0.5, 0.6) is 5.75 Å². The maximum Gasteiger partial charge on any atom is 0.266 e. The molecule has 1 amide bonds. The number of hydrogen-bond donors (Lipinski definition) is 1. The molecule has 3 rings (SSSR count). The average Bonchev–Trinajstić information content (AvgIpc) is 2.74. The van der Waals surface area contributed by atoms with E-state index in [2.05, 4.69) is 21.2 Å². The van der Waals surface area contributed by atoms with E-state index < -0.39 is 5.91 Å². The summed E-state index contributed by atoms with van der Waals surface area (Å²) in [6.45, 7) is 2.44. The number of carbonyl (C=O) groups is 1. The Morgan fingerprint density at radius 3 is 2.45 bits per heavy atom. The number of halogens is 1. The number of carbonyl (C=O) groups excluding carboxylic acids is 1. The van der Waals surface area contributed by atoms with Crippen LogP contribution in [0.1, 0.15) is 16.7 Å². The van der Waals surface area contributed by atoms with Crippen LogP contribution in [-0.2, 0) is 11.4 Å². The number of hydrogen-bond acceptors (Lipinski definition) is 3. The van der Waals surface area contributed by atoms with Crippen LogP contribution >= 0.6 is 15.9 Å². The predicted octanol–water partition coefficient (Wildman–Crippen LogP) is 5.88. The summed E-state index contributed by atoms with van der Waals surface area (Å²) in [5, 5.41) is 12.2. The van der Waals surface area contributed by atoms with Crippen LogP contribution < -0.4 is 10.1 Å². The summed E-state index contributed by atoms with van der Waals surface area (Å²) in [6.07, 6.45) is 1.54. The standard InChI is InChI=1S/C24H19BrN2O2/c1-17-6-8-18(9-7-17)16-29-23-5-3-2-4-19(23)14-20(15-26)24(28)27-22-12-10-21(25)11-13-22/h2-14H,16H2,1H3,(H,27,28)/b20-14+. The third kappa shape index (κ3) is 5.81. The number of anilines is 1.